The summed E-state index contributed by atoms with van der Waals surface area (Å²) in [5.74, 6) is 2.96. The zero-order valence-corrected chi connectivity index (χ0v) is 20.4. The topological polar surface area (TPSA) is 85.3 Å². The lowest BCUT2D eigenvalue weighted by molar-refractivity contribution is 0.0744. The fourth-order valence-electron chi connectivity index (χ4n) is 4.65. The number of carbonyl (C=O) groups excluding carboxylic acids is 1. The lowest BCUT2D eigenvalue weighted by Gasteiger charge is -2.36. The number of carbonyl (C=O) groups is 1. The van der Waals surface area contributed by atoms with E-state index in [1.54, 1.807) is 0 Å². The molecule has 1 amide bonds. The molecule has 2 aromatic carbocycles. The molecule has 0 unspecified atom stereocenters. The summed E-state index contributed by atoms with van der Waals surface area (Å²) >= 11 is 0. The molecule has 2 fully saturated rings. The summed E-state index contributed by atoms with van der Waals surface area (Å²) in [4.78, 5) is 21.8. The molecular formula is C27H32N6O3. The summed E-state index contributed by atoms with van der Waals surface area (Å²) in [5.41, 5.74) is 0.568. The molecule has 2 aliphatic rings. The van der Waals surface area contributed by atoms with Crippen LogP contribution in [0.1, 0.15) is 10.4 Å². The van der Waals surface area contributed by atoms with Crippen LogP contribution in [0.25, 0.3) is 0 Å². The summed E-state index contributed by atoms with van der Waals surface area (Å²) in [6, 6.07) is 21.0. The van der Waals surface area contributed by atoms with E-state index in [-0.39, 0.29) is 12.5 Å². The quantitative estimate of drug-likeness (QED) is 0.543. The summed E-state index contributed by atoms with van der Waals surface area (Å²) in [6.45, 7) is 7.11. The molecule has 2 aliphatic heterocycles. The van der Waals surface area contributed by atoms with Crippen molar-refractivity contribution in [2.45, 2.75) is 0 Å². The van der Waals surface area contributed by atoms with Crippen molar-refractivity contribution in [3.05, 3.63) is 72.3 Å². The average molecular weight is 489 g/mol. The molecule has 1 aromatic heterocycles. The Bertz CT molecular complexity index is 1130. The third-order valence-corrected chi connectivity index (χ3v) is 6.73. The number of amides is 1. The third-order valence-electron chi connectivity index (χ3n) is 6.73. The smallest absolute Gasteiger partial charge is 0.257 e. The maximum absolute atomic E-state index is 13.3. The van der Waals surface area contributed by atoms with Crippen molar-refractivity contribution < 1.29 is 14.6 Å². The minimum atomic E-state index is -0.0250. The van der Waals surface area contributed by atoms with Crippen molar-refractivity contribution >= 4 is 17.5 Å². The van der Waals surface area contributed by atoms with Gasteiger partial charge < -0.3 is 24.5 Å². The van der Waals surface area contributed by atoms with E-state index in [2.05, 4.69) is 24.9 Å². The van der Waals surface area contributed by atoms with Gasteiger partial charge in [-0.1, -0.05) is 30.3 Å². The number of hydrogen-bond acceptors (Lipinski definition) is 8. The molecule has 0 bridgehead atoms. The van der Waals surface area contributed by atoms with Crippen LogP contribution in [0.4, 0.5) is 11.6 Å². The maximum Gasteiger partial charge on any atom is 0.257 e. The summed E-state index contributed by atoms with van der Waals surface area (Å²) < 4.78 is 6.00. The second-order valence-corrected chi connectivity index (χ2v) is 8.99. The molecule has 3 heterocycles. The van der Waals surface area contributed by atoms with Gasteiger partial charge in [0, 0.05) is 58.9 Å². The van der Waals surface area contributed by atoms with E-state index in [0.717, 1.165) is 44.4 Å². The van der Waals surface area contributed by atoms with E-state index < -0.39 is 0 Å². The molecule has 5 rings (SSSR count). The van der Waals surface area contributed by atoms with Crippen molar-refractivity contribution in [3.8, 4) is 11.5 Å². The Morgan fingerprint density at radius 2 is 1.33 bits per heavy atom. The van der Waals surface area contributed by atoms with Crippen molar-refractivity contribution in [1.29, 1.82) is 0 Å². The highest BCUT2D eigenvalue weighted by Gasteiger charge is 2.25. The van der Waals surface area contributed by atoms with Crippen LogP contribution in [-0.2, 0) is 0 Å². The second-order valence-electron chi connectivity index (χ2n) is 8.99. The van der Waals surface area contributed by atoms with Crippen LogP contribution in [0.5, 0.6) is 11.5 Å². The Morgan fingerprint density at radius 1 is 0.750 bits per heavy atom. The van der Waals surface area contributed by atoms with Gasteiger partial charge in [-0.2, -0.15) is 0 Å². The first-order chi connectivity index (χ1) is 17.7. The number of nitrogens with zero attached hydrogens (tertiary/aromatic N) is 6. The number of β-amino-alcohol motifs (C(OH)–C–C–N with tert-alkyl or cyclic N) is 1. The number of piperazine rings is 2. The molecule has 9 nitrogen and oxygen atoms in total. The maximum atomic E-state index is 13.3. The van der Waals surface area contributed by atoms with E-state index in [4.69, 9.17) is 9.84 Å². The molecule has 36 heavy (non-hydrogen) atoms. The molecular weight excluding hydrogens is 456 g/mol. The normalized spacial score (nSPS) is 16.8. The highest BCUT2D eigenvalue weighted by molar-refractivity contribution is 5.97. The largest absolute Gasteiger partial charge is 0.457 e. The van der Waals surface area contributed by atoms with Crippen LogP contribution < -0.4 is 14.5 Å². The van der Waals surface area contributed by atoms with Gasteiger partial charge in [0.25, 0.3) is 5.91 Å². The molecule has 3 aromatic rings. The van der Waals surface area contributed by atoms with Crippen LogP contribution in [0.15, 0.2) is 66.7 Å². The van der Waals surface area contributed by atoms with Gasteiger partial charge in [-0.15, -0.1) is 10.2 Å². The number of anilines is 2. The van der Waals surface area contributed by atoms with Gasteiger partial charge in [0.1, 0.15) is 11.5 Å². The Kier molecular flexibility index (Phi) is 7.58. The molecule has 0 aliphatic carbocycles. The van der Waals surface area contributed by atoms with Crippen LogP contribution in [-0.4, -0.2) is 96.5 Å². The molecule has 0 saturated carbocycles. The van der Waals surface area contributed by atoms with Crippen LogP contribution >= 0.6 is 0 Å². The van der Waals surface area contributed by atoms with Crippen molar-refractivity contribution in [2.24, 2.45) is 0 Å². The highest BCUT2D eigenvalue weighted by Crippen LogP contribution is 2.27. The van der Waals surface area contributed by atoms with Gasteiger partial charge in [-0.3, -0.25) is 9.69 Å². The SMILES string of the molecule is O=C(c1ccccc1Oc1ccccc1)N1CCN(c2ccc(N3CCN(CCO)CC3)nn2)CC1. The lowest BCUT2D eigenvalue weighted by atomic mass is 10.1. The highest BCUT2D eigenvalue weighted by atomic mass is 16.5. The number of para-hydroxylation sites is 2. The molecule has 1 N–H and O–H groups in total. The predicted octanol–water partition coefficient (Wildman–Crippen LogP) is 2.35. The first-order valence-corrected chi connectivity index (χ1v) is 12.5. The number of ether oxygens (including phenoxy) is 1. The van der Waals surface area contributed by atoms with E-state index in [9.17, 15) is 4.79 Å². The standard InChI is InChI=1S/C27H32N6O3/c34-21-20-30-12-14-31(15-13-30)25-10-11-26(29-28-25)32-16-18-33(19-17-32)27(35)23-8-4-5-9-24(23)36-22-6-2-1-3-7-22/h1-11,34H,12-21H2. The van der Waals surface area contributed by atoms with Crippen molar-refractivity contribution in [1.82, 2.24) is 20.0 Å². The van der Waals surface area contributed by atoms with Crippen LogP contribution in [0, 0.1) is 0 Å². The molecule has 0 radical (unpaired) electrons. The number of hydrogen-bond donors (Lipinski definition) is 1. The third kappa shape index (κ3) is 5.58. The summed E-state index contributed by atoms with van der Waals surface area (Å²) in [5, 5.41) is 18.1. The first-order valence-electron chi connectivity index (χ1n) is 12.5. The fourth-order valence-corrected chi connectivity index (χ4v) is 4.65. The number of aliphatic hydroxyl groups is 1. The molecule has 9 heteroatoms. The van der Waals surface area contributed by atoms with E-state index in [0.29, 0.717) is 43.2 Å². The fraction of sp³-hybridized carbons (Fsp3) is 0.370. The zero-order valence-electron chi connectivity index (χ0n) is 20.4. The Hall–Kier alpha value is -3.69. The Morgan fingerprint density at radius 3 is 1.94 bits per heavy atom. The minimum Gasteiger partial charge on any atom is -0.457 e. The number of aromatic nitrogens is 2. The summed E-state index contributed by atoms with van der Waals surface area (Å²) in [6.07, 6.45) is 0. The van der Waals surface area contributed by atoms with E-state index in [1.807, 2.05) is 71.6 Å². The number of rotatable bonds is 7. The Balaban J connectivity index is 1.17. The monoisotopic (exact) mass is 488 g/mol. The van der Waals surface area contributed by atoms with Crippen molar-refractivity contribution in [3.63, 3.8) is 0 Å². The Labute approximate surface area is 211 Å². The van der Waals surface area contributed by atoms with E-state index in [1.165, 1.54) is 0 Å². The van der Waals surface area contributed by atoms with Crippen molar-refractivity contribution in [2.75, 3.05) is 75.3 Å². The number of aliphatic hydroxyl groups excluding tert-OH is 1. The minimum absolute atomic E-state index is 0.0250. The molecule has 188 valence electrons. The van der Waals surface area contributed by atoms with Gasteiger partial charge in [0.2, 0.25) is 0 Å². The van der Waals surface area contributed by atoms with Gasteiger partial charge in [-0.05, 0) is 36.4 Å². The molecule has 2 saturated heterocycles. The number of benzene rings is 2. The predicted molar refractivity (Wildman–Crippen MR) is 139 cm³/mol. The van der Waals surface area contributed by atoms with Gasteiger partial charge in [0.05, 0.1) is 12.2 Å². The van der Waals surface area contributed by atoms with Gasteiger partial charge in [-0.25, -0.2) is 0 Å². The first kappa shape index (κ1) is 24.0. The lowest BCUT2D eigenvalue weighted by Crippen LogP contribution is -2.49. The summed E-state index contributed by atoms with van der Waals surface area (Å²) in [7, 11) is 0. The second kappa shape index (κ2) is 11.4. The van der Waals surface area contributed by atoms with Crippen LogP contribution in [0.3, 0.4) is 0 Å². The van der Waals surface area contributed by atoms with Gasteiger partial charge >= 0.3 is 0 Å². The van der Waals surface area contributed by atoms with Gasteiger partial charge in [0.15, 0.2) is 11.6 Å². The zero-order chi connectivity index (χ0) is 24.7. The average Bonchev–Trinajstić information content (AvgIpc) is 2.94. The molecule has 0 spiro atoms. The van der Waals surface area contributed by atoms with E-state index >= 15 is 0 Å². The van der Waals surface area contributed by atoms with Crippen LogP contribution in [0.2, 0.25) is 0 Å². The molecule has 0 atom stereocenters.